The molecule has 10 aromatic rings. The molecular formula is C50H30Cl2. The Morgan fingerprint density at radius 3 is 0.788 bits per heavy atom. The van der Waals surface area contributed by atoms with Crippen molar-refractivity contribution in [2.24, 2.45) is 0 Å². The van der Waals surface area contributed by atoms with Gasteiger partial charge in [0.2, 0.25) is 0 Å². The molecule has 0 fully saturated rings. The van der Waals surface area contributed by atoms with Gasteiger partial charge >= 0.3 is 0 Å². The van der Waals surface area contributed by atoms with E-state index in [1.165, 1.54) is 87.2 Å². The van der Waals surface area contributed by atoms with Gasteiger partial charge in [-0.3, -0.25) is 0 Å². The van der Waals surface area contributed by atoms with Crippen LogP contribution in [0, 0.1) is 0 Å². The summed E-state index contributed by atoms with van der Waals surface area (Å²) in [7, 11) is 0. The molecule has 0 aliphatic heterocycles. The quantitative estimate of drug-likeness (QED) is 0.160. The van der Waals surface area contributed by atoms with Crippen LogP contribution in [0.3, 0.4) is 0 Å². The van der Waals surface area contributed by atoms with Crippen LogP contribution in [0.2, 0.25) is 10.0 Å². The zero-order chi connectivity index (χ0) is 34.8. The van der Waals surface area contributed by atoms with Crippen molar-refractivity contribution in [3.8, 4) is 44.5 Å². The van der Waals surface area contributed by atoms with Crippen LogP contribution >= 0.6 is 23.2 Å². The molecule has 0 spiro atoms. The number of fused-ring (bicyclic) bond motifs is 5. The Kier molecular flexibility index (Phi) is 7.35. The minimum atomic E-state index is 0.733. The predicted octanol–water partition coefficient (Wildman–Crippen LogP) is 15.4. The summed E-state index contributed by atoms with van der Waals surface area (Å²) in [5.74, 6) is 0. The third-order valence-corrected chi connectivity index (χ3v) is 11.0. The van der Waals surface area contributed by atoms with Gasteiger partial charge in [0.1, 0.15) is 0 Å². The Balaban J connectivity index is 1.30. The maximum atomic E-state index is 6.57. The van der Waals surface area contributed by atoms with E-state index in [1.54, 1.807) is 0 Å². The van der Waals surface area contributed by atoms with Crippen molar-refractivity contribution in [1.29, 1.82) is 0 Å². The number of rotatable bonds is 4. The summed E-state index contributed by atoms with van der Waals surface area (Å²) >= 11 is 13.1. The van der Waals surface area contributed by atoms with Crippen molar-refractivity contribution in [2.75, 3.05) is 0 Å². The van der Waals surface area contributed by atoms with Gasteiger partial charge in [-0.25, -0.2) is 0 Å². The molecule has 2 heteroatoms. The van der Waals surface area contributed by atoms with Gasteiger partial charge in [-0.05, 0) is 123 Å². The number of halogens is 2. The van der Waals surface area contributed by atoms with Crippen LogP contribution in [0.4, 0.5) is 0 Å². The van der Waals surface area contributed by atoms with E-state index >= 15 is 0 Å². The molecule has 0 unspecified atom stereocenters. The van der Waals surface area contributed by atoms with Gasteiger partial charge in [0.15, 0.2) is 0 Å². The number of hydrogen-bond acceptors (Lipinski definition) is 0. The highest BCUT2D eigenvalue weighted by Gasteiger charge is 2.22. The minimum Gasteiger partial charge on any atom is -0.0843 e. The van der Waals surface area contributed by atoms with Crippen LogP contribution in [-0.4, -0.2) is 0 Å². The zero-order valence-corrected chi connectivity index (χ0v) is 29.6. The van der Waals surface area contributed by atoms with E-state index in [2.05, 4.69) is 158 Å². The molecule has 0 saturated heterocycles. The SMILES string of the molecule is Clc1cccc(-c2c3ccccc3c(-c3ccc(-c4c5ccccc5c(-c5cccc(Cl)c5)c5ccccc45)c4ccccc34)c3ccccc23)c1. The van der Waals surface area contributed by atoms with Crippen LogP contribution in [0.1, 0.15) is 0 Å². The Bertz CT molecular complexity index is 2720. The van der Waals surface area contributed by atoms with Crippen molar-refractivity contribution in [1.82, 2.24) is 0 Å². The van der Waals surface area contributed by atoms with Crippen LogP contribution < -0.4 is 0 Å². The first-order valence-corrected chi connectivity index (χ1v) is 18.3. The van der Waals surface area contributed by atoms with Crippen LogP contribution in [-0.2, 0) is 0 Å². The molecule has 10 rings (SSSR count). The van der Waals surface area contributed by atoms with Gasteiger partial charge in [-0.1, -0.05) is 181 Å². The molecule has 0 heterocycles. The monoisotopic (exact) mass is 700 g/mol. The van der Waals surface area contributed by atoms with Gasteiger partial charge in [0.25, 0.3) is 0 Å². The van der Waals surface area contributed by atoms with Crippen molar-refractivity contribution in [2.45, 2.75) is 0 Å². The van der Waals surface area contributed by atoms with E-state index in [1.807, 2.05) is 24.3 Å². The topological polar surface area (TPSA) is 0 Å². The second kappa shape index (κ2) is 12.4. The van der Waals surface area contributed by atoms with Gasteiger partial charge < -0.3 is 0 Å². The molecule has 0 radical (unpaired) electrons. The average molecular weight is 702 g/mol. The summed E-state index contributed by atoms with van der Waals surface area (Å²) in [4.78, 5) is 0. The van der Waals surface area contributed by atoms with Crippen molar-refractivity contribution < 1.29 is 0 Å². The van der Waals surface area contributed by atoms with Crippen LogP contribution in [0.5, 0.6) is 0 Å². The van der Waals surface area contributed by atoms with Crippen molar-refractivity contribution in [3.05, 3.63) is 192 Å². The van der Waals surface area contributed by atoms with E-state index in [0.29, 0.717) is 0 Å². The lowest BCUT2D eigenvalue weighted by atomic mass is 9.82. The van der Waals surface area contributed by atoms with E-state index in [9.17, 15) is 0 Å². The third-order valence-electron chi connectivity index (χ3n) is 10.6. The lowest BCUT2D eigenvalue weighted by Gasteiger charge is -2.21. The molecule has 0 aromatic heterocycles. The predicted molar refractivity (Wildman–Crippen MR) is 226 cm³/mol. The van der Waals surface area contributed by atoms with E-state index in [0.717, 1.165) is 21.2 Å². The number of benzene rings is 10. The van der Waals surface area contributed by atoms with Gasteiger partial charge in [-0.15, -0.1) is 0 Å². The number of hydrogen-bond donors (Lipinski definition) is 0. The van der Waals surface area contributed by atoms with E-state index < -0.39 is 0 Å². The fraction of sp³-hybridized carbons (Fsp3) is 0. The fourth-order valence-corrected chi connectivity index (χ4v) is 8.86. The molecule has 0 aliphatic carbocycles. The molecule has 52 heavy (non-hydrogen) atoms. The lowest BCUT2D eigenvalue weighted by Crippen LogP contribution is -1.94. The summed E-state index contributed by atoms with van der Waals surface area (Å²) in [5.41, 5.74) is 9.56. The first kappa shape index (κ1) is 30.9. The fourth-order valence-electron chi connectivity index (χ4n) is 8.48. The van der Waals surface area contributed by atoms with Gasteiger partial charge in [-0.2, -0.15) is 0 Å². The molecule has 0 amide bonds. The maximum Gasteiger partial charge on any atom is 0.0412 e. The zero-order valence-electron chi connectivity index (χ0n) is 28.1. The van der Waals surface area contributed by atoms with Crippen LogP contribution in [0.25, 0.3) is 98.4 Å². The molecular weight excluding hydrogens is 671 g/mol. The van der Waals surface area contributed by atoms with Gasteiger partial charge in [0, 0.05) is 10.0 Å². The molecule has 0 bridgehead atoms. The standard InChI is InChI=1S/C50H30Cl2/c51-33-15-11-13-31(29-33)47-37-19-3-7-23-41(37)49(42-24-8-4-20-38(42)47)45-27-28-46(36-18-2-1-17-35(36)45)50-43-25-9-5-21-39(43)48(32-14-12-16-34(52)30-32)40-22-6-10-26-44(40)50/h1-30H. The Morgan fingerprint density at radius 2 is 0.500 bits per heavy atom. The second-order valence-electron chi connectivity index (χ2n) is 13.4. The van der Waals surface area contributed by atoms with Gasteiger partial charge in [0.05, 0.1) is 0 Å². The first-order valence-electron chi connectivity index (χ1n) is 17.6. The molecule has 0 atom stereocenters. The molecule has 0 aliphatic rings. The van der Waals surface area contributed by atoms with Crippen LogP contribution in [0.15, 0.2) is 182 Å². The highest BCUT2D eigenvalue weighted by molar-refractivity contribution is 6.32. The highest BCUT2D eigenvalue weighted by Crippen LogP contribution is 2.49. The molecule has 244 valence electrons. The summed E-state index contributed by atoms with van der Waals surface area (Å²) in [6.07, 6.45) is 0. The van der Waals surface area contributed by atoms with Crippen molar-refractivity contribution >= 4 is 77.1 Å². The largest absolute Gasteiger partial charge is 0.0843 e. The Hall–Kier alpha value is -5.92. The molecule has 0 saturated carbocycles. The normalized spacial score (nSPS) is 11.7. The maximum absolute atomic E-state index is 6.57. The average Bonchev–Trinajstić information content (AvgIpc) is 3.19. The second-order valence-corrected chi connectivity index (χ2v) is 14.3. The summed E-state index contributed by atoms with van der Waals surface area (Å²) in [6.45, 7) is 0. The molecule has 10 aromatic carbocycles. The molecule has 0 N–H and O–H groups in total. The minimum absolute atomic E-state index is 0.733. The third kappa shape index (κ3) is 4.83. The summed E-state index contributed by atoms with van der Waals surface area (Å²) in [5, 5.41) is 13.6. The smallest absolute Gasteiger partial charge is 0.0412 e. The van der Waals surface area contributed by atoms with E-state index in [4.69, 9.17) is 23.2 Å². The molecule has 0 nitrogen and oxygen atoms in total. The first-order chi connectivity index (χ1) is 25.7. The van der Waals surface area contributed by atoms with E-state index in [-0.39, 0.29) is 0 Å². The summed E-state index contributed by atoms with van der Waals surface area (Å²) < 4.78 is 0. The highest BCUT2D eigenvalue weighted by atomic mass is 35.5. The van der Waals surface area contributed by atoms with Crippen molar-refractivity contribution in [3.63, 3.8) is 0 Å². The Morgan fingerprint density at radius 1 is 0.231 bits per heavy atom. The lowest BCUT2D eigenvalue weighted by molar-refractivity contribution is 1.65. The summed E-state index contributed by atoms with van der Waals surface area (Å²) in [6, 6.07) is 65.2. The Labute approximate surface area is 312 Å².